The molecular formula is C18H29ClIN3O2. The van der Waals surface area contributed by atoms with Gasteiger partial charge < -0.3 is 20.1 Å². The molecule has 0 aromatic heterocycles. The molecule has 0 radical (unpaired) electrons. The first-order chi connectivity index (χ1) is 11.7. The minimum absolute atomic E-state index is 0. The van der Waals surface area contributed by atoms with Crippen molar-refractivity contribution in [2.24, 2.45) is 4.99 Å². The summed E-state index contributed by atoms with van der Waals surface area (Å²) >= 11 is 6.48. The molecule has 1 aliphatic heterocycles. The number of hydrogen-bond donors (Lipinski definition) is 2. The lowest BCUT2D eigenvalue weighted by molar-refractivity contribution is 0.0514. The van der Waals surface area contributed by atoms with Crippen LogP contribution in [-0.4, -0.2) is 52.5 Å². The van der Waals surface area contributed by atoms with Crippen LogP contribution in [0.25, 0.3) is 0 Å². The second kappa shape index (κ2) is 11.9. The Labute approximate surface area is 172 Å². The third kappa shape index (κ3) is 6.58. The van der Waals surface area contributed by atoms with Crippen LogP contribution >= 0.6 is 35.6 Å². The third-order valence-corrected chi connectivity index (χ3v) is 4.79. The average molecular weight is 482 g/mol. The second-order valence-corrected chi connectivity index (χ2v) is 6.33. The molecule has 0 amide bonds. The van der Waals surface area contributed by atoms with Gasteiger partial charge in [0.1, 0.15) is 0 Å². The molecule has 1 aromatic carbocycles. The van der Waals surface area contributed by atoms with Gasteiger partial charge in [-0.15, -0.1) is 24.0 Å². The van der Waals surface area contributed by atoms with Crippen molar-refractivity contribution in [3.05, 3.63) is 34.9 Å². The fourth-order valence-electron chi connectivity index (χ4n) is 3.05. The number of rotatable bonds is 7. The smallest absolute Gasteiger partial charge is 0.191 e. The van der Waals surface area contributed by atoms with E-state index in [1.807, 2.05) is 25.1 Å². The molecule has 25 heavy (non-hydrogen) atoms. The summed E-state index contributed by atoms with van der Waals surface area (Å²) in [5.74, 6) is 0.785. The van der Waals surface area contributed by atoms with Crippen LogP contribution in [0.5, 0.6) is 0 Å². The maximum absolute atomic E-state index is 6.48. The van der Waals surface area contributed by atoms with Crippen LogP contribution in [0.3, 0.4) is 0 Å². The molecule has 1 aromatic rings. The summed E-state index contributed by atoms with van der Waals surface area (Å²) in [7, 11) is 1.78. The van der Waals surface area contributed by atoms with Gasteiger partial charge in [-0.05, 0) is 31.4 Å². The predicted octanol–water partition coefficient (Wildman–Crippen LogP) is 3.21. The van der Waals surface area contributed by atoms with Gasteiger partial charge in [-0.3, -0.25) is 4.99 Å². The van der Waals surface area contributed by atoms with Gasteiger partial charge in [-0.25, -0.2) is 0 Å². The maximum Gasteiger partial charge on any atom is 0.191 e. The first-order valence-electron chi connectivity index (χ1n) is 8.57. The van der Waals surface area contributed by atoms with E-state index in [4.69, 9.17) is 21.1 Å². The molecule has 1 aliphatic rings. The Morgan fingerprint density at radius 3 is 2.64 bits per heavy atom. The minimum atomic E-state index is -0.0336. The third-order valence-electron chi connectivity index (χ3n) is 4.46. The molecular weight excluding hydrogens is 453 g/mol. The number of nitrogens with one attached hydrogen (secondary N) is 2. The van der Waals surface area contributed by atoms with E-state index in [-0.39, 0.29) is 29.4 Å². The summed E-state index contributed by atoms with van der Waals surface area (Å²) in [4.78, 5) is 4.29. The number of nitrogens with zero attached hydrogens (tertiary/aromatic N) is 1. The molecule has 0 atom stereocenters. The van der Waals surface area contributed by atoms with E-state index in [0.29, 0.717) is 6.61 Å². The molecule has 0 saturated carbocycles. The molecule has 0 bridgehead atoms. The molecule has 5 nitrogen and oxygen atoms in total. The Bertz CT molecular complexity index is 537. The van der Waals surface area contributed by atoms with Crippen molar-refractivity contribution in [2.45, 2.75) is 25.2 Å². The van der Waals surface area contributed by atoms with Gasteiger partial charge in [-0.1, -0.05) is 29.8 Å². The zero-order valence-electron chi connectivity index (χ0n) is 15.0. The number of ether oxygens (including phenoxy) is 2. The monoisotopic (exact) mass is 481 g/mol. The van der Waals surface area contributed by atoms with Gasteiger partial charge in [-0.2, -0.15) is 0 Å². The number of halogens is 2. The molecule has 2 N–H and O–H groups in total. The van der Waals surface area contributed by atoms with Gasteiger partial charge in [0.25, 0.3) is 0 Å². The Balaban J connectivity index is 0.00000312. The summed E-state index contributed by atoms with van der Waals surface area (Å²) in [6.45, 7) is 6.40. The molecule has 7 heteroatoms. The SMILES string of the molecule is CCOCCNC(=NC)NCC1(c2ccccc2Cl)CCOCC1.I. The van der Waals surface area contributed by atoms with Crippen molar-refractivity contribution in [1.29, 1.82) is 0 Å². The first kappa shape index (κ1) is 22.5. The van der Waals surface area contributed by atoms with Crippen LogP contribution < -0.4 is 10.6 Å². The van der Waals surface area contributed by atoms with Crippen molar-refractivity contribution < 1.29 is 9.47 Å². The topological polar surface area (TPSA) is 54.9 Å². The highest BCUT2D eigenvalue weighted by Gasteiger charge is 2.36. The molecule has 1 fully saturated rings. The van der Waals surface area contributed by atoms with E-state index in [0.717, 1.165) is 56.7 Å². The average Bonchev–Trinajstić information content (AvgIpc) is 2.62. The second-order valence-electron chi connectivity index (χ2n) is 5.92. The van der Waals surface area contributed by atoms with Gasteiger partial charge in [0.15, 0.2) is 5.96 Å². The Hall–Kier alpha value is -0.570. The molecule has 1 heterocycles. The Morgan fingerprint density at radius 1 is 1.28 bits per heavy atom. The quantitative estimate of drug-likeness (QED) is 0.272. The van der Waals surface area contributed by atoms with Crippen molar-refractivity contribution >= 4 is 41.5 Å². The van der Waals surface area contributed by atoms with Gasteiger partial charge in [0.2, 0.25) is 0 Å². The van der Waals surface area contributed by atoms with E-state index in [1.165, 1.54) is 5.56 Å². The lowest BCUT2D eigenvalue weighted by Gasteiger charge is -2.38. The molecule has 0 unspecified atom stereocenters. The summed E-state index contributed by atoms with van der Waals surface area (Å²) in [6.07, 6.45) is 1.89. The zero-order chi connectivity index (χ0) is 17.3. The fourth-order valence-corrected chi connectivity index (χ4v) is 3.39. The Kier molecular flexibility index (Phi) is 10.7. The van der Waals surface area contributed by atoms with Gasteiger partial charge in [0.05, 0.1) is 6.61 Å². The van der Waals surface area contributed by atoms with E-state index in [2.05, 4.69) is 21.7 Å². The molecule has 0 aliphatic carbocycles. The predicted molar refractivity (Wildman–Crippen MR) is 114 cm³/mol. The summed E-state index contributed by atoms with van der Waals surface area (Å²) < 4.78 is 10.9. The zero-order valence-corrected chi connectivity index (χ0v) is 18.1. The van der Waals surface area contributed by atoms with E-state index >= 15 is 0 Å². The fraction of sp³-hybridized carbons (Fsp3) is 0.611. The molecule has 1 saturated heterocycles. The van der Waals surface area contributed by atoms with E-state index in [1.54, 1.807) is 7.05 Å². The highest BCUT2D eigenvalue weighted by atomic mass is 127. The van der Waals surface area contributed by atoms with Crippen molar-refractivity contribution in [1.82, 2.24) is 10.6 Å². The van der Waals surface area contributed by atoms with Crippen LogP contribution in [0.15, 0.2) is 29.3 Å². The van der Waals surface area contributed by atoms with Crippen molar-refractivity contribution in [3.63, 3.8) is 0 Å². The standard InChI is InChI=1S/C18H28ClN3O2.HI/c1-3-23-13-10-21-17(20-2)22-14-18(8-11-24-12-9-18)15-6-4-5-7-16(15)19;/h4-7H,3,8-14H2,1-2H3,(H2,20,21,22);1H. The van der Waals surface area contributed by atoms with Crippen LogP contribution in [0, 0.1) is 0 Å². The summed E-state index contributed by atoms with van der Waals surface area (Å²) in [5.41, 5.74) is 1.15. The number of guanidine groups is 1. The highest BCUT2D eigenvalue weighted by molar-refractivity contribution is 14.0. The lowest BCUT2D eigenvalue weighted by Crippen LogP contribution is -2.48. The lowest BCUT2D eigenvalue weighted by atomic mass is 9.74. The minimum Gasteiger partial charge on any atom is -0.381 e. The summed E-state index contributed by atoms with van der Waals surface area (Å²) in [5, 5.41) is 7.55. The largest absolute Gasteiger partial charge is 0.381 e. The highest BCUT2D eigenvalue weighted by Crippen LogP contribution is 2.38. The van der Waals surface area contributed by atoms with Crippen LogP contribution in [-0.2, 0) is 14.9 Å². The van der Waals surface area contributed by atoms with Crippen LogP contribution in [0.2, 0.25) is 5.02 Å². The van der Waals surface area contributed by atoms with Gasteiger partial charge in [0, 0.05) is 50.4 Å². The molecule has 2 rings (SSSR count). The number of benzene rings is 1. The van der Waals surface area contributed by atoms with E-state index in [9.17, 15) is 0 Å². The van der Waals surface area contributed by atoms with Crippen molar-refractivity contribution in [3.8, 4) is 0 Å². The number of hydrogen-bond acceptors (Lipinski definition) is 3. The Morgan fingerprint density at radius 2 is 2.00 bits per heavy atom. The summed E-state index contributed by atoms with van der Waals surface area (Å²) in [6, 6.07) is 8.11. The van der Waals surface area contributed by atoms with Gasteiger partial charge >= 0.3 is 0 Å². The molecule has 142 valence electrons. The van der Waals surface area contributed by atoms with Crippen LogP contribution in [0.1, 0.15) is 25.3 Å². The first-order valence-corrected chi connectivity index (χ1v) is 8.94. The van der Waals surface area contributed by atoms with Crippen molar-refractivity contribution in [2.75, 3.05) is 46.6 Å². The van der Waals surface area contributed by atoms with Crippen LogP contribution in [0.4, 0.5) is 0 Å². The van der Waals surface area contributed by atoms with E-state index < -0.39 is 0 Å². The maximum atomic E-state index is 6.48. The normalized spacial score (nSPS) is 16.8. The number of aliphatic imine (C=N–C) groups is 1. The molecule has 0 spiro atoms.